The SMILES string of the molecule is O=C(O)CNC(=O)Nc1ccc2c(c1)OCO2. The van der Waals surface area contributed by atoms with E-state index in [9.17, 15) is 9.59 Å². The van der Waals surface area contributed by atoms with Gasteiger partial charge in [0, 0.05) is 11.8 Å². The van der Waals surface area contributed by atoms with Gasteiger partial charge in [0.25, 0.3) is 0 Å². The largest absolute Gasteiger partial charge is 0.480 e. The molecule has 0 radical (unpaired) electrons. The maximum absolute atomic E-state index is 11.3. The summed E-state index contributed by atoms with van der Waals surface area (Å²) < 4.78 is 10.2. The van der Waals surface area contributed by atoms with E-state index >= 15 is 0 Å². The van der Waals surface area contributed by atoms with Crippen LogP contribution in [0.1, 0.15) is 0 Å². The average molecular weight is 238 g/mol. The van der Waals surface area contributed by atoms with Gasteiger partial charge in [-0.15, -0.1) is 0 Å². The van der Waals surface area contributed by atoms with Crippen molar-refractivity contribution in [2.45, 2.75) is 0 Å². The molecule has 2 rings (SSSR count). The summed E-state index contributed by atoms with van der Waals surface area (Å²) >= 11 is 0. The summed E-state index contributed by atoms with van der Waals surface area (Å²) in [5, 5.41) is 13.0. The molecule has 1 aliphatic rings. The van der Waals surface area contributed by atoms with E-state index in [1.165, 1.54) is 0 Å². The van der Waals surface area contributed by atoms with Crippen molar-refractivity contribution in [2.75, 3.05) is 18.7 Å². The van der Waals surface area contributed by atoms with Crippen LogP contribution in [0.4, 0.5) is 10.5 Å². The fraction of sp³-hybridized carbons (Fsp3) is 0.200. The molecule has 0 unspecified atom stereocenters. The topological polar surface area (TPSA) is 96.9 Å². The minimum absolute atomic E-state index is 0.157. The number of carboxylic acids is 1. The van der Waals surface area contributed by atoms with Crippen LogP contribution in [0, 0.1) is 0 Å². The predicted molar refractivity (Wildman–Crippen MR) is 57.2 cm³/mol. The molecule has 0 fully saturated rings. The van der Waals surface area contributed by atoms with E-state index in [0.29, 0.717) is 17.2 Å². The standard InChI is InChI=1S/C10H10N2O5/c13-9(14)4-11-10(15)12-6-1-2-7-8(3-6)17-5-16-7/h1-3H,4-5H2,(H,13,14)(H2,11,12,15). The fourth-order valence-electron chi connectivity index (χ4n) is 1.31. The van der Waals surface area contributed by atoms with E-state index in [2.05, 4.69) is 10.6 Å². The summed E-state index contributed by atoms with van der Waals surface area (Å²) in [7, 11) is 0. The molecule has 0 bridgehead atoms. The molecule has 7 nitrogen and oxygen atoms in total. The molecule has 0 aliphatic carbocycles. The molecule has 0 spiro atoms. The Hall–Kier alpha value is -2.44. The average Bonchev–Trinajstić information content (AvgIpc) is 2.73. The van der Waals surface area contributed by atoms with Gasteiger partial charge in [-0.1, -0.05) is 0 Å². The summed E-state index contributed by atoms with van der Waals surface area (Å²) in [6.07, 6.45) is 0. The zero-order valence-corrected chi connectivity index (χ0v) is 8.73. The molecule has 1 aromatic carbocycles. The van der Waals surface area contributed by atoms with E-state index in [-0.39, 0.29) is 6.79 Å². The van der Waals surface area contributed by atoms with Crippen molar-refractivity contribution in [1.82, 2.24) is 5.32 Å². The number of urea groups is 1. The minimum atomic E-state index is -1.11. The smallest absolute Gasteiger partial charge is 0.323 e. The number of anilines is 1. The summed E-state index contributed by atoms with van der Waals surface area (Å²) in [5.74, 6) is 0.0494. The van der Waals surface area contributed by atoms with Gasteiger partial charge in [-0.25, -0.2) is 4.79 Å². The normalized spacial score (nSPS) is 12.0. The van der Waals surface area contributed by atoms with Crippen LogP contribution in [0.5, 0.6) is 11.5 Å². The first kappa shape index (κ1) is 11.1. The molecule has 0 aromatic heterocycles. The third-order valence-corrected chi connectivity index (χ3v) is 2.03. The van der Waals surface area contributed by atoms with Crippen LogP contribution in [0.2, 0.25) is 0 Å². The Bertz CT molecular complexity index is 460. The van der Waals surface area contributed by atoms with Gasteiger partial charge < -0.3 is 25.2 Å². The van der Waals surface area contributed by atoms with Crippen LogP contribution in [0.3, 0.4) is 0 Å². The summed E-state index contributed by atoms with van der Waals surface area (Å²) in [6.45, 7) is -0.277. The molecule has 3 N–H and O–H groups in total. The molecule has 1 aliphatic heterocycles. The van der Waals surface area contributed by atoms with Gasteiger partial charge >= 0.3 is 12.0 Å². The number of ether oxygens (including phenoxy) is 2. The molecular weight excluding hydrogens is 228 g/mol. The van der Waals surface area contributed by atoms with E-state index in [1.807, 2.05) is 0 Å². The number of rotatable bonds is 3. The number of hydrogen-bond acceptors (Lipinski definition) is 4. The lowest BCUT2D eigenvalue weighted by atomic mass is 10.3. The van der Waals surface area contributed by atoms with Crippen molar-refractivity contribution in [3.05, 3.63) is 18.2 Å². The molecule has 1 aromatic rings. The van der Waals surface area contributed by atoms with Crippen LogP contribution in [0.15, 0.2) is 18.2 Å². The molecular formula is C10H10N2O5. The van der Waals surface area contributed by atoms with Gasteiger partial charge in [0.1, 0.15) is 6.54 Å². The van der Waals surface area contributed by atoms with Gasteiger partial charge in [-0.05, 0) is 12.1 Å². The van der Waals surface area contributed by atoms with Crippen LogP contribution in [-0.2, 0) is 4.79 Å². The van der Waals surface area contributed by atoms with E-state index in [0.717, 1.165) is 0 Å². The van der Waals surface area contributed by atoms with Crippen molar-refractivity contribution in [3.63, 3.8) is 0 Å². The number of carboxylic acid groups (broad SMARTS) is 1. The minimum Gasteiger partial charge on any atom is -0.480 e. The Balaban J connectivity index is 1.95. The first-order chi connectivity index (χ1) is 8.15. The van der Waals surface area contributed by atoms with E-state index in [1.54, 1.807) is 18.2 Å². The highest BCUT2D eigenvalue weighted by Crippen LogP contribution is 2.34. The molecule has 0 saturated heterocycles. The Morgan fingerprint density at radius 2 is 2.06 bits per heavy atom. The quantitative estimate of drug-likeness (QED) is 0.717. The summed E-state index contributed by atoms with van der Waals surface area (Å²) in [4.78, 5) is 21.5. The highest BCUT2D eigenvalue weighted by molar-refractivity contribution is 5.91. The lowest BCUT2D eigenvalue weighted by molar-refractivity contribution is -0.135. The number of fused-ring (bicyclic) bond motifs is 1. The monoisotopic (exact) mass is 238 g/mol. The van der Waals surface area contributed by atoms with Crippen LogP contribution in [-0.4, -0.2) is 30.4 Å². The lowest BCUT2D eigenvalue weighted by Crippen LogP contribution is -2.33. The second-order valence-electron chi connectivity index (χ2n) is 3.27. The number of nitrogens with one attached hydrogen (secondary N) is 2. The third-order valence-electron chi connectivity index (χ3n) is 2.03. The first-order valence-corrected chi connectivity index (χ1v) is 4.81. The van der Waals surface area contributed by atoms with Crippen molar-refractivity contribution in [2.24, 2.45) is 0 Å². The second-order valence-corrected chi connectivity index (χ2v) is 3.27. The number of benzene rings is 1. The van der Waals surface area contributed by atoms with Crippen LogP contribution >= 0.6 is 0 Å². The molecule has 17 heavy (non-hydrogen) atoms. The first-order valence-electron chi connectivity index (χ1n) is 4.81. The molecule has 0 atom stereocenters. The maximum atomic E-state index is 11.3. The van der Waals surface area contributed by atoms with Gasteiger partial charge in [0.15, 0.2) is 11.5 Å². The summed E-state index contributed by atoms with van der Waals surface area (Å²) in [5.41, 5.74) is 0.497. The Kier molecular flexibility index (Phi) is 2.99. The Morgan fingerprint density at radius 1 is 1.29 bits per heavy atom. The highest BCUT2D eigenvalue weighted by Gasteiger charge is 2.14. The molecule has 90 valence electrons. The number of aliphatic carboxylic acids is 1. The third kappa shape index (κ3) is 2.77. The maximum Gasteiger partial charge on any atom is 0.323 e. The molecule has 0 saturated carbocycles. The Morgan fingerprint density at radius 3 is 2.82 bits per heavy atom. The molecule has 1 heterocycles. The number of amides is 2. The summed E-state index contributed by atoms with van der Waals surface area (Å²) in [6, 6.07) is 4.30. The zero-order chi connectivity index (χ0) is 12.3. The van der Waals surface area contributed by atoms with Gasteiger partial charge in [-0.3, -0.25) is 4.79 Å². The van der Waals surface area contributed by atoms with Crippen LogP contribution < -0.4 is 20.1 Å². The van der Waals surface area contributed by atoms with Gasteiger partial charge in [0.2, 0.25) is 6.79 Å². The zero-order valence-electron chi connectivity index (χ0n) is 8.73. The number of carbonyl (C=O) groups is 2. The van der Waals surface area contributed by atoms with E-state index < -0.39 is 18.5 Å². The highest BCUT2D eigenvalue weighted by atomic mass is 16.7. The Labute approximate surface area is 96.3 Å². The van der Waals surface area contributed by atoms with E-state index in [4.69, 9.17) is 14.6 Å². The number of carbonyl (C=O) groups excluding carboxylic acids is 1. The van der Waals surface area contributed by atoms with Crippen LogP contribution in [0.25, 0.3) is 0 Å². The van der Waals surface area contributed by atoms with Gasteiger partial charge in [-0.2, -0.15) is 0 Å². The van der Waals surface area contributed by atoms with Crippen molar-refractivity contribution >= 4 is 17.7 Å². The number of hydrogen-bond donors (Lipinski definition) is 3. The van der Waals surface area contributed by atoms with Crippen molar-refractivity contribution < 1.29 is 24.2 Å². The second kappa shape index (κ2) is 4.60. The van der Waals surface area contributed by atoms with Crippen molar-refractivity contribution in [1.29, 1.82) is 0 Å². The van der Waals surface area contributed by atoms with Crippen molar-refractivity contribution in [3.8, 4) is 11.5 Å². The molecule has 7 heteroatoms. The fourth-order valence-corrected chi connectivity index (χ4v) is 1.31. The predicted octanol–water partition coefficient (Wildman–Crippen LogP) is 0.621. The molecule has 2 amide bonds. The lowest BCUT2D eigenvalue weighted by Gasteiger charge is -2.06. The van der Waals surface area contributed by atoms with Gasteiger partial charge in [0.05, 0.1) is 0 Å².